The number of hydrogen-bond acceptors (Lipinski definition) is 2. The molecule has 0 aromatic heterocycles. The lowest BCUT2D eigenvalue weighted by Crippen LogP contribution is -2.48. The predicted octanol–water partition coefficient (Wildman–Crippen LogP) is 1.73. The molecule has 1 fully saturated rings. The molecule has 1 aromatic rings. The topological polar surface area (TPSA) is 21.3 Å². The second kappa shape index (κ2) is 4.07. The zero-order valence-corrected chi connectivity index (χ0v) is 8.16. The molecular formula is C11H14FNO. The van der Waals surface area contributed by atoms with Crippen LogP contribution in [0.4, 0.5) is 4.39 Å². The molecule has 1 heterocycles. The van der Waals surface area contributed by atoms with Crippen molar-refractivity contribution in [3.05, 3.63) is 35.6 Å². The Balaban J connectivity index is 2.12. The standard InChI is InChI=1S/C11H14FNO/c1-14-7-8-6-13-11(8)9-4-2-3-5-10(9)12/h2-5,8,11,13H,6-7H2,1H3. The Morgan fingerprint density at radius 2 is 2.29 bits per heavy atom. The molecule has 0 aliphatic carbocycles. The summed E-state index contributed by atoms with van der Waals surface area (Å²) in [5, 5.41) is 3.22. The maximum atomic E-state index is 13.4. The van der Waals surface area contributed by atoms with Crippen LogP contribution in [0.5, 0.6) is 0 Å². The summed E-state index contributed by atoms with van der Waals surface area (Å²) >= 11 is 0. The van der Waals surface area contributed by atoms with Gasteiger partial charge in [-0.1, -0.05) is 18.2 Å². The van der Waals surface area contributed by atoms with E-state index in [1.54, 1.807) is 13.2 Å². The summed E-state index contributed by atoms with van der Waals surface area (Å²) in [5.74, 6) is 0.266. The third-order valence-corrected chi connectivity index (χ3v) is 2.69. The first kappa shape index (κ1) is 9.62. The summed E-state index contributed by atoms with van der Waals surface area (Å²) in [6.07, 6.45) is 0. The van der Waals surface area contributed by atoms with Crippen LogP contribution >= 0.6 is 0 Å². The third-order valence-electron chi connectivity index (χ3n) is 2.69. The minimum atomic E-state index is -0.134. The number of ether oxygens (including phenoxy) is 1. The molecule has 2 rings (SSSR count). The molecule has 3 heteroatoms. The van der Waals surface area contributed by atoms with E-state index in [9.17, 15) is 4.39 Å². The van der Waals surface area contributed by atoms with Crippen molar-refractivity contribution in [1.29, 1.82) is 0 Å². The first-order valence-corrected chi connectivity index (χ1v) is 4.79. The predicted molar refractivity (Wildman–Crippen MR) is 52.5 cm³/mol. The van der Waals surface area contributed by atoms with Crippen molar-refractivity contribution in [2.75, 3.05) is 20.3 Å². The van der Waals surface area contributed by atoms with Gasteiger partial charge in [-0.3, -0.25) is 0 Å². The molecule has 76 valence electrons. The molecular weight excluding hydrogens is 181 g/mol. The van der Waals surface area contributed by atoms with Crippen LogP contribution in [-0.4, -0.2) is 20.3 Å². The SMILES string of the molecule is COCC1CNC1c1ccccc1F. The molecule has 0 amide bonds. The monoisotopic (exact) mass is 195 g/mol. The van der Waals surface area contributed by atoms with Gasteiger partial charge in [-0.2, -0.15) is 0 Å². The van der Waals surface area contributed by atoms with Gasteiger partial charge in [0.1, 0.15) is 5.82 Å². The van der Waals surface area contributed by atoms with Crippen molar-refractivity contribution in [3.8, 4) is 0 Å². The highest BCUT2D eigenvalue weighted by molar-refractivity contribution is 5.24. The number of benzene rings is 1. The minimum Gasteiger partial charge on any atom is -0.384 e. The summed E-state index contributed by atoms with van der Waals surface area (Å²) in [5.41, 5.74) is 0.751. The summed E-state index contributed by atoms with van der Waals surface area (Å²) in [4.78, 5) is 0. The molecule has 2 unspecified atom stereocenters. The Kier molecular flexibility index (Phi) is 2.79. The molecule has 1 saturated heterocycles. The number of rotatable bonds is 3. The molecule has 2 atom stereocenters. The first-order valence-electron chi connectivity index (χ1n) is 4.79. The fourth-order valence-corrected chi connectivity index (χ4v) is 1.86. The molecule has 1 aliphatic heterocycles. The van der Waals surface area contributed by atoms with Crippen LogP contribution in [0.15, 0.2) is 24.3 Å². The van der Waals surface area contributed by atoms with Crippen LogP contribution in [0, 0.1) is 11.7 Å². The Labute approximate surface area is 83.1 Å². The van der Waals surface area contributed by atoms with Gasteiger partial charge in [-0.25, -0.2) is 4.39 Å². The molecule has 0 bridgehead atoms. The van der Waals surface area contributed by atoms with E-state index >= 15 is 0 Å². The molecule has 0 spiro atoms. The zero-order chi connectivity index (χ0) is 9.97. The van der Waals surface area contributed by atoms with Crippen LogP contribution in [0.3, 0.4) is 0 Å². The highest BCUT2D eigenvalue weighted by Gasteiger charge is 2.32. The van der Waals surface area contributed by atoms with E-state index in [0.29, 0.717) is 12.5 Å². The summed E-state index contributed by atoms with van der Waals surface area (Å²) < 4.78 is 18.5. The fourth-order valence-electron chi connectivity index (χ4n) is 1.86. The Morgan fingerprint density at radius 1 is 1.50 bits per heavy atom. The van der Waals surface area contributed by atoms with Crippen molar-refractivity contribution in [1.82, 2.24) is 5.32 Å². The Hall–Kier alpha value is -0.930. The van der Waals surface area contributed by atoms with Gasteiger partial charge in [-0.05, 0) is 6.07 Å². The van der Waals surface area contributed by atoms with Gasteiger partial charge < -0.3 is 10.1 Å². The van der Waals surface area contributed by atoms with Gasteiger partial charge >= 0.3 is 0 Å². The summed E-state index contributed by atoms with van der Waals surface area (Å²) in [6.45, 7) is 1.60. The largest absolute Gasteiger partial charge is 0.384 e. The van der Waals surface area contributed by atoms with Crippen molar-refractivity contribution in [2.45, 2.75) is 6.04 Å². The van der Waals surface area contributed by atoms with E-state index in [4.69, 9.17) is 4.74 Å². The van der Waals surface area contributed by atoms with E-state index in [0.717, 1.165) is 12.1 Å². The van der Waals surface area contributed by atoms with E-state index < -0.39 is 0 Å². The number of hydrogen-bond donors (Lipinski definition) is 1. The lowest BCUT2D eigenvalue weighted by Gasteiger charge is -2.38. The molecule has 0 saturated carbocycles. The molecule has 0 radical (unpaired) electrons. The van der Waals surface area contributed by atoms with E-state index in [2.05, 4.69) is 5.32 Å². The van der Waals surface area contributed by atoms with Crippen LogP contribution in [0.2, 0.25) is 0 Å². The van der Waals surface area contributed by atoms with Crippen LogP contribution in [-0.2, 0) is 4.74 Å². The Morgan fingerprint density at radius 3 is 2.86 bits per heavy atom. The minimum absolute atomic E-state index is 0.121. The fraction of sp³-hybridized carbons (Fsp3) is 0.455. The van der Waals surface area contributed by atoms with Crippen LogP contribution in [0.1, 0.15) is 11.6 Å². The normalized spacial score (nSPS) is 25.9. The first-order chi connectivity index (χ1) is 6.83. The second-order valence-corrected chi connectivity index (χ2v) is 3.62. The zero-order valence-electron chi connectivity index (χ0n) is 8.16. The quantitative estimate of drug-likeness (QED) is 0.793. The van der Waals surface area contributed by atoms with Gasteiger partial charge in [-0.15, -0.1) is 0 Å². The lowest BCUT2D eigenvalue weighted by molar-refractivity contribution is 0.0869. The second-order valence-electron chi connectivity index (χ2n) is 3.62. The van der Waals surface area contributed by atoms with Crippen molar-refractivity contribution in [3.63, 3.8) is 0 Å². The van der Waals surface area contributed by atoms with Gasteiger partial charge in [0.25, 0.3) is 0 Å². The van der Waals surface area contributed by atoms with Crippen LogP contribution in [0.25, 0.3) is 0 Å². The molecule has 2 nitrogen and oxygen atoms in total. The highest BCUT2D eigenvalue weighted by Crippen LogP contribution is 2.30. The average molecular weight is 195 g/mol. The number of methoxy groups -OCH3 is 1. The molecule has 1 N–H and O–H groups in total. The van der Waals surface area contributed by atoms with E-state index in [1.165, 1.54) is 6.07 Å². The Bertz CT molecular complexity index is 316. The molecule has 14 heavy (non-hydrogen) atoms. The van der Waals surface area contributed by atoms with E-state index in [-0.39, 0.29) is 11.9 Å². The third kappa shape index (κ3) is 1.65. The van der Waals surface area contributed by atoms with Gasteiger partial charge in [0.2, 0.25) is 0 Å². The molecule has 1 aliphatic rings. The van der Waals surface area contributed by atoms with Crippen molar-refractivity contribution in [2.24, 2.45) is 5.92 Å². The summed E-state index contributed by atoms with van der Waals surface area (Å²) in [7, 11) is 1.68. The summed E-state index contributed by atoms with van der Waals surface area (Å²) in [6, 6.07) is 7.02. The number of nitrogens with one attached hydrogen (secondary N) is 1. The lowest BCUT2D eigenvalue weighted by atomic mass is 9.86. The van der Waals surface area contributed by atoms with Gasteiger partial charge in [0.15, 0.2) is 0 Å². The van der Waals surface area contributed by atoms with Crippen molar-refractivity contribution >= 4 is 0 Å². The maximum absolute atomic E-state index is 13.4. The highest BCUT2D eigenvalue weighted by atomic mass is 19.1. The van der Waals surface area contributed by atoms with Crippen LogP contribution < -0.4 is 5.32 Å². The smallest absolute Gasteiger partial charge is 0.127 e. The maximum Gasteiger partial charge on any atom is 0.127 e. The van der Waals surface area contributed by atoms with Gasteiger partial charge in [0, 0.05) is 31.2 Å². The molecule has 1 aromatic carbocycles. The average Bonchev–Trinajstić information content (AvgIpc) is 2.16. The van der Waals surface area contributed by atoms with Gasteiger partial charge in [0.05, 0.1) is 6.61 Å². The van der Waals surface area contributed by atoms with Crippen molar-refractivity contribution < 1.29 is 9.13 Å². The number of halogens is 1. The van der Waals surface area contributed by atoms with E-state index in [1.807, 2.05) is 12.1 Å².